The number of guanidine groups is 1. The van der Waals surface area contributed by atoms with Gasteiger partial charge in [-0.05, 0) is 54.7 Å². The van der Waals surface area contributed by atoms with E-state index in [4.69, 9.17) is 5.73 Å². The highest BCUT2D eigenvalue weighted by atomic mass is 19.1. The number of halogens is 2. The van der Waals surface area contributed by atoms with E-state index in [0.29, 0.717) is 25.5 Å². The van der Waals surface area contributed by atoms with Crippen molar-refractivity contribution in [2.24, 2.45) is 10.7 Å². The van der Waals surface area contributed by atoms with Gasteiger partial charge in [0, 0.05) is 30.9 Å². The number of rotatable bonds is 9. The number of aromatic nitrogens is 2. The van der Waals surface area contributed by atoms with Crippen molar-refractivity contribution in [1.82, 2.24) is 15.3 Å². The summed E-state index contributed by atoms with van der Waals surface area (Å²) in [7, 11) is 0. The fraction of sp³-hybridized carbons (Fsp3) is 0.273. The summed E-state index contributed by atoms with van der Waals surface area (Å²) < 4.78 is 27.4. The molecule has 0 unspecified atom stereocenters. The predicted molar refractivity (Wildman–Crippen MR) is 111 cm³/mol. The van der Waals surface area contributed by atoms with Crippen LogP contribution in [0.5, 0.6) is 0 Å². The summed E-state index contributed by atoms with van der Waals surface area (Å²) in [5, 5.41) is 3.10. The van der Waals surface area contributed by atoms with Gasteiger partial charge in [-0.15, -0.1) is 0 Å². The number of aromatic amines is 1. The third-order valence-electron chi connectivity index (χ3n) is 4.68. The monoisotopic (exact) mass is 397 g/mol. The first-order chi connectivity index (χ1) is 14.1. The van der Waals surface area contributed by atoms with E-state index in [1.165, 1.54) is 24.3 Å². The lowest BCUT2D eigenvalue weighted by atomic mass is 9.88. The van der Waals surface area contributed by atoms with E-state index in [0.717, 1.165) is 29.7 Å². The van der Waals surface area contributed by atoms with Crippen molar-refractivity contribution < 1.29 is 8.78 Å². The summed E-state index contributed by atoms with van der Waals surface area (Å²) in [6, 6.07) is 12.8. The van der Waals surface area contributed by atoms with Crippen LogP contribution in [0, 0.1) is 11.6 Å². The van der Waals surface area contributed by atoms with Gasteiger partial charge >= 0.3 is 0 Å². The van der Waals surface area contributed by atoms with Crippen molar-refractivity contribution in [3.8, 4) is 0 Å². The fourth-order valence-electron chi connectivity index (χ4n) is 3.26. The van der Waals surface area contributed by atoms with Crippen molar-refractivity contribution in [3.63, 3.8) is 0 Å². The smallest absolute Gasteiger partial charge is 0.188 e. The van der Waals surface area contributed by atoms with Gasteiger partial charge in [-0.3, -0.25) is 4.99 Å². The molecule has 0 radical (unpaired) electrons. The largest absolute Gasteiger partial charge is 0.370 e. The summed E-state index contributed by atoms with van der Waals surface area (Å²) >= 11 is 0. The number of H-pyrrole nitrogens is 1. The Morgan fingerprint density at radius 2 is 1.79 bits per heavy atom. The first kappa shape index (κ1) is 20.5. The molecule has 0 spiro atoms. The summed E-state index contributed by atoms with van der Waals surface area (Å²) in [5.74, 6) is -0.403. The minimum Gasteiger partial charge on any atom is -0.370 e. The minimum absolute atomic E-state index is 0.151. The average Bonchev–Trinajstić information content (AvgIpc) is 3.22. The van der Waals surface area contributed by atoms with Gasteiger partial charge in [0.05, 0.1) is 6.33 Å². The van der Waals surface area contributed by atoms with Crippen LogP contribution in [0.1, 0.15) is 35.6 Å². The maximum Gasteiger partial charge on any atom is 0.188 e. The van der Waals surface area contributed by atoms with E-state index in [9.17, 15) is 8.78 Å². The maximum atomic E-state index is 13.7. The number of aliphatic imine (C=N–C) groups is 1. The molecule has 0 amide bonds. The van der Waals surface area contributed by atoms with E-state index in [1.807, 2.05) is 12.1 Å². The Hall–Kier alpha value is -3.22. The van der Waals surface area contributed by atoms with E-state index >= 15 is 0 Å². The third kappa shape index (κ3) is 6.41. The molecule has 0 bridgehead atoms. The molecular weight excluding hydrogens is 372 g/mol. The van der Waals surface area contributed by atoms with Gasteiger partial charge in [-0.1, -0.05) is 24.3 Å². The zero-order valence-corrected chi connectivity index (χ0v) is 16.1. The third-order valence-corrected chi connectivity index (χ3v) is 4.68. The van der Waals surface area contributed by atoms with Crippen LogP contribution in [0.15, 0.2) is 66.0 Å². The van der Waals surface area contributed by atoms with Gasteiger partial charge < -0.3 is 16.0 Å². The molecule has 4 N–H and O–H groups in total. The van der Waals surface area contributed by atoms with Gasteiger partial charge in [0.1, 0.15) is 11.6 Å². The van der Waals surface area contributed by atoms with E-state index in [2.05, 4.69) is 20.3 Å². The molecule has 0 aliphatic carbocycles. The first-order valence-corrected chi connectivity index (χ1v) is 9.64. The highest BCUT2D eigenvalue weighted by molar-refractivity contribution is 5.77. The molecule has 29 heavy (non-hydrogen) atoms. The van der Waals surface area contributed by atoms with Crippen LogP contribution in [0.4, 0.5) is 8.78 Å². The Morgan fingerprint density at radius 1 is 1.10 bits per heavy atom. The van der Waals surface area contributed by atoms with Gasteiger partial charge in [0.15, 0.2) is 5.96 Å². The summed E-state index contributed by atoms with van der Waals surface area (Å²) in [4.78, 5) is 11.4. The van der Waals surface area contributed by atoms with Crippen molar-refractivity contribution in [2.45, 2.75) is 25.2 Å². The zero-order valence-electron chi connectivity index (χ0n) is 16.1. The Bertz CT molecular complexity index is 879. The molecule has 152 valence electrons. The van der Waals surface area contributed by atoms with Crippen LogP contribution in [-0.2, 0) is 6.42 Å². The summed E-state index contributed by atoms with van der Waals surface area (Å²) in [6.45, 7) is 1.14. The number of hydrogen-bond donors (Lipinski definition) is 3. The van der Waals surface area contributed by atoms with Gasteiger partial charge in [0.2, 0.25) is 0 Å². The molecular formula is C22H25F2N5. The van der Waals surface area contributed by atoms with Crippen LogP contribution in [-0.4, -0.2) is 29.0 Å². The van der Waals surface area contributed by atoms with Crippen molar-refractivity contribution >= 4 is 5.96 Å². The first-order valence-electron chi connectivity index (χ1n) is 9.64. The molecule has 0 aliphatic heterocycles. The van der Waals surface area contributed by atoms with Gasteiger partial charge in [-0.2, -0.15) is 0 Å². The Balaban J connectivity index is 1.56. The topological polar surface area (TPSA) is 79.1 Å². The molecule has 0 saturated carbocycles. The number of nitrogens with zero attached hydrogens (tertiary/aromatic N) is 2. The molecule has 0 aliphatic rings. The predicted octanol–water partition coefficient (Wildman–Crippen LogP) is 3.75. The molecule has 3 aromatic rings. The zero-order chi connectivity index (χ0) is 20.5. The van der Waals surface area contributed by atoms with Crippen molar-refractivity contribution in [3.05, 3.63) is 89.5 Å². The Labute approximate surface area is 169 Å². The summed E-state index contributed by atoms with van der Waals surface area (Å²) in [5.41, 5.74) is 8.61. The SMILES string of the molecule is NC(=NCCCc1cnc[nH]1)NCCC(c1cccc(F)c1)c1cccc(F)c1. The minimum atomic E-state index is -0.310. The number of benzene rings is 2. The lowest BCUT2D eigenvalue weighted by Crippen LogP contribution is -2.33. The quantitative estimate of drug-likeness (QED) is 0.292. The van der Waals surface area contributed by atoms with E-state index < -0.39 is 0 Å². The second kappa shape index (κ2) is 10.4. The van der Waals surface area contributed by atoms with Crippen LogP contribution in [0.3, 0.4) is 0 Å². The number of hydrogen-bond acceptors (Lipinski definition) is 2. The highest BCUT2D eigenvalue weighted by Crippen LogP contribution is 2.28. The molecule has 2 aromatic carbocycles. The molecule has 5 nitrogen and oxygen atoms in total. The van der Waals surface area contributed by atoms with Crippen molar-refractivity contribution in [1.29, 1.82) is 0 Å². The van der Waals surface area contributed by atoms with Gasteiger partial charge in [0.25, 0.3) is 0 Å². The number of aryl methyl sites for hydroxylation is 1. The normalized spacial score (nSPS) is 11.8. The second-order valence-electron chi connectivity index (χ2n) is 6.83. The molecule has 7 heteroatoms. The summed E-state index contributed by atoms with van der Waals surface area (Å²) in [6.07, 6.45) is 5.79. The van der Waals surface area contributed by atoms with Crippen LogP contribution in [0.25, 0.3) is 0 Å². The maximum absolute atomic E-state index is 13.7. The van der Waals surface area contributed by atoms with Gasteiger partial charge in [-0.25, -0.2) is 13.8 Å². The molecule has 0 fully saturated rings. The lowest BCUT2D eigenvalue weighted by Gasteiger charge is -2.19. The molecule has 1 aromatic heterocycles. The molecule has 3 rings (SSSR count). The molecule has 1 heterocycles. The number of nitrogens with two attached hydrogens (primary N) is 1. The number of imidazole rings is 1. The highest BCUT2D eigenvalue weighted by Gasteiger charge is 2.15. The Kier molecular flexibility index (Phi) is 7.33. The Morgan fingerprint density at radius 3 is 2.38 bits per heavy atom. The van der Waals surface area contributed by atoms with Crippen LogP contribution >= 0.6 is 0 Å². The van der Waals surface area contributed by atoms with Crippen LogP contribution < -0.4 is 11.1 Å². The molecule has 0 saturated heterocycles. The standard InChI is InChI=1S/C22H25F2N5/c23-18-6-1-4-16(12-18)21(17-5-2-7-19(24)13-17)9-11-28-22(25)27-10-3-8-20-14-26-15-29-20/h1-2,4-7,12-15,21H,3,8-11H2,(H,26,29)(H3,25,27,28). The fourth-order valence-corrected chi connectivity index (χ4v) is 3.26. The van der Waals surface area contributed by atoms with E-state index in [-0.39, 0.29) is 17.6 Å². The van der Waals surface area contributed by atoms with Crippen molar-refractivity contribution in [2.75, 3.05) is 13.1 Å². The lowest BCUT2D eigenvalue weighted by molar-refractivity contribution is 0.611. The average molecular weight is 397 g/mol. The number of nitrogens with one attached hydrogen (secondary N) is 2. The van der Waals surface area contributed by atoms with Crippen LogP contribution in [0.2, 0.25) is 0 Å². The second-order valence-corrected chi connectivity index (χ2v) is 6.83. The van der Waals surface area contributed by atoms with E-state index in [1.54, 1.807) is 24.7 Å². The molecule has 0 atom stereocenters.